The zero-order chi connectivity index (χ0) is 9.42. The zero-order valence-corrected chi connectivity index (χ0v) is 6.93. The number of carbonyl (C=O) groups excluding carboxylic acids is 3. The maximum absolute atomic E-state index is 11.4. The normalized spacial score (nSPS) is 31.2. The van der Waals surface area contributed by atoms with Crippen molar-refractivity contribution in [3.8, 4) is 0 Å². The van der Waals surface area contributed by atoms with Crippen LogP contribution in [0.4, 0.5) is 0 Å². The predicted molar refractivity (Wildman–Crippen MR) is 40.6 cm³/mol. The first-order chi connectivity index (χ1) is 6.24. The quantitative estimate of drug-likeness (QED) is 0.414. The fraction of sp³-hybridized carbons (Fsp3) is 0.625. The first-order valence-corrected chi connectivity index (χ1v) is 4.12. The Bertz CT molecular complexity index is 275. The number of amides is 1. The van der Waals surface area contributed by atoms with Crippen LogP contribution in [0.2, 0.25) is 0 Å². The molecule has 0 saturated carbocycles. The maximum Gasteiger partial charge on any atom is 0.293 e. The number of carbonyl (C=O) groups is 3. The van der Waals surface area contributed by atoms with E-state index in [9.17, 15) is 14.4 Å². The van der Waals surface area contributed by atoms with Gasteiger partial charge < -0.3 is 9.64 Å². The third-order valence-electron chi connectivity index (χ3n) is 2.58. The van der Waals surface area contributed by atoms with Crippen LogP contribution in [0, 0.1) is 5.92 Å². The van der Waals surface area contributed by atoms with Crippen LogP contribution in [0.25, 0.3) is 0 Å². The molecule has 0 spiro atoms. The minimum Gasteiger partial charge on any atom is -0.467 e. The van der Waals surface area contributed by atoms with Gasteiger partial charge in [0, 0.05) is 6.54 Å². The number of β-lactam (4-membered cyclic amide) rings is 1. The topological polar surface area (TPSA) is 63.7 Å². The minimum atomic E-state index is -0.304. The van der Waals surface area contributed by atoms with Gasteiger partial charge >= 0.3 is 0 Å². The smallest absolute Gasteiger partial charge is 0.293 e. The molecule has 2 saturated heterocycles. The second-order valence-electron chi connectivity index (χ2n) is 3.29. The molecular weight excluding hydrogens is 174 g/mol. The van der Waals surface area contributed by atoms with Gasteiger partial charge in [-0.05, 0) is 0 Å². The van der Waals surface area contributed by atoms with Crippen LogP contribution >= 0.6 is 0 Å². The average molecular weight is 183 g/mol. The first kappa shape index (κ1) is 8.22. The number of fused-ring (bicyclic) bond motifs is 1. The van der Waals surface area contributed by atoms with Gasteiger partial charge in [0.05, 0.1) is 18.4 Å². The van der Waals surface area contributed by atoms with Crippen molar-refractivity contribution in [3.05, 3.63) is 0 Å². The molecule has 0 aromatic rings. The molecule has 2 aliphatic rings. The summed E-state index contributed by atoms with van der Waals surface area (Å²) in [5.41, 5.74) is 0. The van der Waals surface area contributed by atoms with Crippen LogP contribution in [0.15, 0.2) is 0 Å². The van der Waals surface area contributed by atoms with Gasteiger partial charge in [0.15, 0.2) is 5.78 Å². The van der Waals surface area contributed by atoms with Gasteiger partial charge in [0.25, 0.3) is 6.47 Å². The Kier molecular flexibility index (Phi) is 1.79. The van der Waals surface area contributed by atoms with E-state index in [1.54, 1.807) is 4.90 Å². The number of nitrogens with zero attached hydrogens (tertiary/aromatic N) is 1. The van der Waals surface area contributed by atoms with Crippen molar-refractivity contribution in [2.45, 2.75) is 12.5 Å². The molecule has 0 aromatic carbocycles. The van der Waals surface area contributed by atoms with Crippen LogP contribution in [-0.4, -0.2) is 42.3 Å². The van der Waals surface area contributed by atoms with Crippen LogP contribution in [0.5, 0.6) is 0 Å². The van der Waals surface area contributed by atoms with Crippen molar-refractivity contribution in [2.75, 3.05) is 13.2 Å². The standard InChI is InChI=1S/C8H9NO4/c10-4-13-3-5-2-9-6(8(5)12)1-7(9)11/h4-6H,1-3H2. The number of ketones is 1. The Morgan fingerprint density at radius 2 is 2.31 bits per heavy atom. The Morgan fingerprint density at radius 1 is 1.54 bits per heavy atom. The molecule has 0 aromatic heterocycles. The van der Waals surface area contributed by atoms with Crippen LogP contribution < -0.4 is 0 Å². The Labute approximate surface area is 74.6 Å². The summed E-state index contributed by atoms with van der Waals surface area (Å²) in [6.07, 6.45) is 0.330. The van der Waals surface area contributed by atoms with E-state index in [4.69, 9.17) is 0 Å². The van der Waals surface area contributed by atoms with E-state index in [0.717, 1.165) is 0 Å². The SMILES string of the molecule is O=COCC1CN2C(=O)CC2C1=O. The summed E-state index contributed by atoms with van der Waals surface area (Å²) in [5.74, 6) is -0.255. The molecule has 2 atom stereocenters. The summed E-state index contributed by atoms with van der Waals surface area (Å²) in [6, 6.07) is -0.229. The van der Waals surface area contributed by atoms with Crippen LogP contribution in [0.1, 0.15) is 6.42 Å². The van der Waals surface area contributed by atoms with Crippen molar-refractivity contribution in [3.63, 3.8) is 0 Å². The van der Waals surface area contributed by atoms with Crippen LogP contribution in [-0.2, 0) is 19.1 Å². The molecule has 2 heterocycles. The van der Waals surface area contributed by atoms with Gasteiger partial charge in [-0.1, -0.05) is 0 Å². The summed E-state index contributed by atoms with van der Waals surface area (Å²) in [4.78, 5) is 33.8. The number of hydrogen-bond acceptors (Lipinski definition) is 4. The van der Waals surface area contributed by atoms with E-state index in [1.807, 2.05) is 0 Å². The summed E-state index contributed by atoms with van der Waals surface area (Å²) in [7, 11) is 0. The molecule has 0 bridgehead atoms. The summed E-state index contributed by atoms with van der Waals surface area (Å²) >= 11 is 0. The third kappa shape index (κ3) is 1.11. The molecule has 13 heavy (non-hydrogen) atoms. The number of ether oxygens (including phenoxy) is 1. The maximum atomic E-state index is 11.4. The monoisotopic (exact) mass is 183 g/mol. The molecular formula is C8H9NO4. The van der Waals surface area contributed by atoms with Gasteiger partial charge in [0.1, 0.15) is 6.61 Å². The predicted octanol–water partition coefficient (Wildman–Crippen LogP) is -1.04. The minimum absolute atomic E-state index is 0.0203. The summed E-state index contributed by atoms with van der Waals surface area (Å²) in [6.45, 7) is 0.837. The second kappa shape index (κ2) is 2.83. The average Bonchev–Trinajstić information content (AvgIpc) is 2.36. The van der Waals surface area contributed by atoms with Gasteiger partial charge in [0.2, 0.25) is 5.91 Å². The van der Waals surface area contributed by atoms with Crippen molar-refractivity contribution in [1.29, 1.82) is 0 Å². The fourth-order valence-corrected chi connectivity index (χ4v) is 1.83. The van der Waals surface area contributed by atoms with Gasteiger partial charge in [-0.25, -0.2) is 0 Å². The van der Waals surface area contributed by atoms with Gasteiger partial charge in [-0.15, -0.1) is 0 Å². The highest BCUT2D eigenvalue weighted by Gasteiger charge is 2.50. The Balaban J connectivity index is 1.97. The molecule has 2 unspecified atom stereocenters. The molecule has 1 amide bonds. The lowest BCUT2D eigenvalue weighted by atomic mass is 9.99. The highest BCUT2D eigenvalue weighted by atomic mass is 16.5. The first-order valence-electron chi connectivity index (χ1n) is 4.12. The molecule has 0 N–H and O–H groups in total. The van der Waals surface area contributed by atoms with Crippen LogP contribution in [0.3, 0.4) is 0 Å². The third-order valence-corrected chi connectivity index (χ3v) is 2.58. The highest BCUT2D eigenvalue weighted by molar-refractivity contribution is 6.02. The lowest BCUT2D eigenvalue weighted by molar-refractivity contribution is -0.147. The second-order valence-corrected chi connectivity index (χ2v) is 3.29. The van der Waals surface area contributed by atoms with Crippen molar-refractivity contribution < 1.29 is 19.1 Å². The summed E-state index contributed by atoms with van der Waals surface area (Å²) in [5, 5.41) is 0. The van der Waals surface area contributed by atoms with E-state index in [1.165, 1.54) is 0 Å². The van der Waals surface area contributed by atoms with Gasteiger partial charge in [-0.2, -0.15) is 0 Å². The Hall–Kier alpha value is -1.39. The fourth-order valence-electron chi connectivity index (χ4n) is 1.83. The molecule has 2 aliphatic heterocycles. The molecule has 5 heteroatoms. The zero-order valence-electron chi connectivity index (χ0n) is 6.93. The largest absolute Gasteiger partial charge is 0.467 e. The van der Waals surface area contributed by atoms with Crippen molar-refractivity contribution in [2.24, 2.45) is 5.92 Å². The Morgan fingerprint density at radius 3 is 2.85 bits per heavy atom. The molecule has 0 aliphatic carbocycles. The molecule has 5 nitrogen and oxygen atoms in total. The van der Waals surface area contributed by atoms with E-state index in [2.05, 4.69) is 4.74 Å². The van der Waals surface area contributed by atoms with Gasteiger partial charge in [-0.3, -0.25) is 14.4 Å². The molecule has 2 fully saturated rings. The summed E-state index contributed by atoms with van der Waals surface area (Å²) < 4.78 is 4.51. The highest BCUT2D eigenvalue weighted by Crippen LogP contribution is 2.30. The lowest BCUT2D eigenvalue weighted by Crippen LogP contribution is -2.50. The molecule has 0 radical (unpaired) electrons. The number of Topliss-reactive ketones (excluding diaryl/α,β-unsaturated/α-hetero) is 1. The lowest BCUT2D eigenvalue weighted by Gasteiger charge is -2.32. The molecule has 70 valence electrons. The number of rotatable bonds is 3. The van der Waals surface area contributed by atoms with E-state index >= 15 is 0 Å². The molecule has 2 rings (SSSR count). The number of hydrogen-bond donors (Lipinski definition) is 0. The van der Waals surface area contributed by atoms with Crippen molar-refractivity contribution in [1.82, 2.24) is 4.90 Å². The van der Waals surface area contributed by atoms with E-state index < -0.39 is 0 Å². The van der Waals surface area contributed by atoms with Crippen molar-refractivity contribution >= 4 is 18.2 Å². The van der Waals surface area contributed by atoms with E-state index in [-0.39, 0.29) is 30.3 Å². The van der Waals surface area contributed by atoms with E-state index in [0.29, 0.717) is 19.4 Å².